The van der Waals surface area contributed by atoms with Gasteiger partial charge in [0.15, 0.2) is 0 Å². The molecule has 3 N–H and O–H groups in total. The molecule has 1 rings (SSSR count). The smallest absolute Gasteiger partial charge is 0.221 e. The topological polar surface area (TPSA) is 82.5 Å². The molecule has 1 amide bonds. The minimum Gasteiger partial charge on any atom is -0.394 e. The molecular weight excluding hydrogens is 296 g/mol. The normalized spacial score (nSPS) is 11.6. The van der Waals surface area contributed by atoms with Crippen molar-refractivity contribution >= 4 is 29.0 Å². The fraction of sp³-hybridized carbons (Fsp3) is 0.692. The lowest BCUT2D eigenvalue weighted by atomic mass is 9.98. The number of aryl methyl sites for hydroxylation is 1. The van der Waals surface area contributed by atoms with Gasteiger partial charge in [-0.2, -0.15) is 11.8 Å². The maximum Gasteiger partial charge on any atom is 0.221 e. The van der Waals surface area contributed by atoms with Gasteiger partial charge in [-0.05, 0) is 13.3 Å². The van der Waals surface area contributed by atoms with Gasteiger partial charge in [0.25, 0.3) is 0 Å². The summed E-state index contributed by atoms with van der Waals surface area (Å²) in [6, 6.07) is 0. The van der Waals surface area contributed by atoms with E-state index in [4.69, 9.17) is 0 Å². The second-order valence-electron chi connectivity index (χ2n) is 4.66. The molecule has 0 atom stereocenters. The Morgan fingerprint density at radius 2 is 2.20 bits per heavy atom. The largest absolute Gasteiger partial charge is 0.394 e. The summed E-state index contributed by atoms with van der Waals surface area (Å²) in [5.41, 5.74) is 0.153. The van der Waals surface area contributed by atoms with Crippen molar-refractivity contribution in [2.45, 2.75) is 38.0 Å². The number of nitrogens with one attached hydrogen (secondary N) is 1. The van der Waals surface area contributed by atoms with Gasteiger partial charge in [-0.1, -0.05) is 6.92 Å². The van der Waals surface area contributed by atoms with Gasteiger partial charge in [-0.15, -0.1) is 11.3 Å². The van der Waals surface area contributed by atoms with Gasteiger partial charge in [0.2, 0.25) is 5.91 Å². The number of carbonyl (C=O) groups excluding carboxylic acids is 1. The van der Waals surface area contributed by atoms with E-state index in [1.807, 2.05) is 19.2 Å². The molecule has 0 saturated heterocycles. The van der Waals surface area contributed by atoms with Gasteiger partial charge in [0.1, 0.15) is 0 Å². The summed E-state index contributed by atoms with van der Waals surface area (Å²) < 4.78 is 0. The van der Waals surface area contributed by atoms with Crippen LogP contribution in [0.3, 0.4) is 0 Å². The number of rotatable bonds is 9. The van der Waals surface area contributed by atoms with Crippen LogP contribution >= 0.6 is 23.1 Å². The van der Waals surface area contributed by atoms with Gasteiger partial charge in [0, 0.05) is 23.3 Å². The van der Waals surface area contributed by atoms with Crippen LogP contribution < -0.4 is 5.32 Å². The molecule has 1 heterocycles. The van der Waals surface area contributed by atoms with Crippen molar-refractivity contribution in [1.82, 2.24) is 10.3 Å². The molecule has 0 radical (unpaired) electrons. The lowest BCUT2D eigenvalue weighted by Gasteiger charge is -2.29. The van der Waals surface area contributed by atoms with Crippen molar-refractivity contribution < 1.29 is 15.0 Å². The summed E-state index contributed by atoms with van der Waals surface area (Å²) >= 11 is 3.28. The first-order valence-corrected chi connectivity index (χ1v) is 8.60. The Bertz CT molecular complexity index is 411. The van der Waals surface area contributed by atoms with Gasteiger partial charge >= 0.3 is 0 Å². The van der Waals surface area contributed by atoms with E-state index in [1.165, 1.54) is 0 Å². The van der Waals surface area contributed by atoms with E-state index < -0.39 is 5.54 Å². The van der Waals surface area contributed by atoms with Crippen molar-refractivity contribution in [1.29, 1.82) is 0 Å². The van der Waals surface area contributed by atoms with E-state index in [1.54, 1.807) is 23.1 Å². The highest BCUT2D eigenvalue weighted by atomic mass is 32.2. The number of hydrogen-bond acceptors (Lipinski definition) is 6. The molecule has 0 unspecified atom stereocenters. The molecule has 7 heteroatoms. The van der Waals surface area contributed by atoms with Crippen LogP contribution in [0.25, 0.3) is 0 Å². The van der Waals surface area contributed by atoms with E-state index >= 15 is 0 Å². The third-order valence-corrected chi connectivity index (χ3v) is 4.89. The minimum atomic E-state index is -0.895. The summed E-state index contributed by atoms with van der Waals surface area (Å²) in [4.78, 5) is 16.1. The predicted molar refractivity (Wildman–Crippen MR) is 83.0 cm³/mol. The van der Waals surface area contributed by atoms with Crippen molar-refractivity contribution in [3.05, 3.63) is 16.1 Å². The average Bonchev–Trinajstić information content (AvgIpc) is 2.87. The number of nitrogens with zero attached hydrogens (tertiary/aromatic N) is 1. The maximum absolute atomic E-state index is 11.8. The molecule has 20 heavy (non-hydrogen) atoms. The van der Waals surface area contributed by atoms with E-state index in [0.717, 1.165) is 16.5 Å². The van der Waals surface area contributed by atoms with Gasteiger partial charge in [-0.3, -0.25) is 4.79 Å². The van der Waals surface area contributed by atoms with E-state index in [2.05, 4.69) is 10.3 Å². The Morgan fingerprint density at radius 1 is 1.50 bits per heavy atom. The van der Waals surface area contributed by atoms with Crippen LogP contribution in [0, 0.1) is 6.92 Å². The summed E-state index contributed by atoms with van der Waals surface area (Å²) in [6.45, 7) is 3.29. The number of thiazole rings is 1. The molecular formula is C13H22N2O3S2. The first-order chi connectivity index (χ1) is 9.55. The molecule has 0 spiro atoms. The number of hydrogen-bond donors (Lipinski definition) is 3. The third-order valence-electron chi connectivity index (χ3n) is 3.08. The Morgan fingerprint density at radius 3 is 2.70 bits per heavy atom. The highest BCUT2D eigenvalue weighted by Crippen LogP contribution is 2.16. The van der Waals surface area contributed by atoms with Crippen LogP contribution in [0.1, 0.15) is 30.5 Å². The number of carbonyl (C=O) groups is 1. The second-order valence-corrected chi connectivity index (χ2v) is 6.83. The lowest BCUT2D eigenvalue weighted by Crippen LogP contribution is -2.53. The molecule has 0 aliphatic rings. The third kappa shape index (κ3) is 5.40. The fourth-order valence-corrected chi connectivity index (χ4v) is 3.16. The van der Waals surface area contributed by atoms with Gasteiger partial charge in [-0.25, -0.2) is 4.98 Å². The Balaban J connectivity index is 2.26. The first kappa shape index (κ1) is 17.4. The number of aliphatic hydroxyl groups excluding tert-OH is 2. The van der Waals surface area contributed by atoms with Crippen molar-refractivity contribution in [2.24, 2.45) is 0 Å². The van der Waals surface area contributed by atoms with Crippen molar-refractivity contribution in [3.8, 4) is 0 Å². The predicted octanol–water partition coefficient (Wildman–Crippen LogP) is 1.32. The average molecular weight is 318 g/mol. The van der Waals surface area contributed by atoms with E-state index in [0.29, 0.717) is 18.6 Å². The fourth-order valence-electron chi connectivity index (χ4n) is 1.62. The van der Waals surface area contributed by atoms with Crippen molar-refractivity contribution in [3.63, 3.8) is 0 Å². The summed E-state index contributed by atoms with van der Waals surface area (Å²) in [5.74, 6) is 1.35. The molecule has 0 aliphatic heterocycles. The van der Waals surface area contributed by atoms with E-state index in [9.17, 15) is 15.0 Å². The molecule has 114 valence electrons. The van der Waals surface area contributed by atoms with Crippen LogP contribution in [-0.4, -0.2) is 45.6 Å². The number of aliphatic hydroxyl groups is 2. The van der Waals surface area contributed by atoms with Gasteiger partial charge < -0.3 is 15.5 Å². The summed E-state index contributed by atoms with van der Waals surface area (Å²) in [6.07, 6.45) is 0.868. The second kappa shape index (κ2) is 8.61. The van der Waals surface area contributed by atoms with Crippen LogP contribution in [-0.2, 0) is 10.5 Å². The zero-order valence-corrected chi connectivity index (χ0v) is 13.5. The maximum atomic E-state index is 11.8. The molecule has 0 bridgehead atoms. The Labute approximate surface area is 127 Å². The summed E-state index contributed by atoms with van der Waals surface area (Å²) in [5, 5.41) is 24.3. The molecule has 0 fully saturated rings. The molecule has 5 nitrogen and oxygen atoms in total. The highest BCUT2D eigenvalue weighted by molar-refractivity contribution is 7.98. The molecule has 0 aromatic carbocycles. The van der Waals surface area contributed by atoms with Crippen LogP contribution in [0.15, 0.2) is 5.38 Å². The lowest BCUT2D eigenvalue weighted by molar-refractivity contribution is -0.124. The summed E-state index contributed by atoms with van der Waals surface area (Å²) in [7, 11) is 0. The molecule has 1 aromatic rings. The minimum absolute atomic E-state index is 0.142. The quantitative estimate of drug-likeness (QED) is 0.598. The highest BCUT2D eigenvalue weighted by Gasteiger charge is 2.28. The molecule has 0 saturated carbocycles. The van der Waals surface area contributed by atoms with Crippen LogP contribution in [0.5, 0.6) is 0 Å². The van der Waals surface area contributed by atoms with Crippen molar-refractivity contribution in [2.75, 3.05) is 19.0 Å². The number of thioether (sulfide) groups is 1. The SMILES string of the molecule is CCC(CO)(CO)NC(=O)CCSCc1csc(C)n1. The monoisotopic (exact) mass is 318 g/mol. The molecule has 1 aromatic heterocycles. The Kier molecular flexibility index (Phi) is 7.50. The van der Waals surface area contributed by atoms with E-state index in [-0.39, 0.29) is 19.1 Å². The number of aromatic nitrogens is 1. The van der Waals surface area contributed by atoms with Crippen LogP contribution in [0.4, 0.5) is 0 Å². The first-order valence-electron chi connectivity index (χ1n) is 6.56. The van der Waals surface area contributed by atoms with Gasteiger partial charge in [0.05, 0.1) is 29.5 Å². The van der Waals surface area contributed by atoms with Crippen LogP contribution in [0.2, 0.25) is 0 Å². The Hall–Kier alpha value is -0.630. The standard InChI is InChI=1S/C13H22N2O3S2/c1-3-13(8-16,9-17)15-12(18)4-5-19-6-11-7-20-10(2)14-11/h7,16-17H,3-6,8-9H2,1-2H3,(H,15,18). The zero-order chi connectivity index (χ0) is 15.0. The number of amides is 1. The zero-order valence-electron chi connectivity index (χ0n) is 11.9. The molecule has 0 aliphatic carbocycles.